The quantitative estimate of drug-likeness (QED) is 0.360. The highest BCUT2D eigenvalue weighted by atomic mass is 35.5. The number of nitrogens with one attached hydrogen (secondary N) is 2. The van der Waals surface area contributed by atoms with Crippen molar-refractivity contribution >= 4 is 35.3 Å². The average molecular weight is 527 g/mol. The van der Waals surface area contributed by atoms with Gasteiger partial charge in [0.2, 0.25) is 11.9 Å². The lowest BCUT2D eigenvalue weighted by Gasteiger charge is -2.24. The summed E-state index contributed by atoms with van der Waals surface area (Å²) >= 11 is 6.29. The van der Waals surface area contributed by atoms with Gasteiger partial charge in [-0.25, -0.2) is 9.89 Å². The Hall–Kier alpha value is -3.67. The molecule has 4 N–H and O–H groups in total. The van der Waals surface area contributed by atoms with E-state index in [1.54, 1.807) is 27.8 Å². The molecule has 0 aliphatic carbocycles. The van der Waals surface area contributed by atoms with Crippen molar-refractivity contribution in [1.29, 1.82) is 0 Å². The van der Waals surface area contributed by atoms with Crippen LogP contribution in [0.2, 0.25) is 5.02 Å². The zero-order valence-corrected chi connectivity index (χ0v) is 20.8. The fourth-order valence-electron chi connectivity index (χ4n) is 3.10. The largest absolute Gasteiger partial charge is 0.492 e. The van der Waals surface area contributed by atoms with E-state index in [2.05, 4.69) is 20.5 Å². The number of carbonyl (C=O) groups excluding carboxylic acids is 1. The number of hydrogen-bond acceptors (Lipinski definition) is 7. The van der Waals surface area contributed by atoms with Crippen molar-refractivity contribution in [3.8, 4) is 16.9 Å². The second kappa shape index (κ2) is 10.5. The van der Waals surface area contributed by atoms with E-state index in [0.717, 1.165) is 6.07 Å². The van der Waals surface area contributed by atoms with Gasteiger partial charge in [0.05, 0.1) is 17.1 Å². The van der Waals surface area contributed by atoms with Crippen LogP contribution in [0, 0.1) is 0 Å². The van der Waals surface area contributed by atoms with Gasteiger partial charge in [0, 0.05) is 18.3 Å². The van der Waals surface area contributed by atoms with Crippen LogP contribution in [0.15, 0.2) is 36.4 Å². The Morgan fingerprint density at radius 3 is 2.42 bits per heavy atom. The van der Waals surface area contributed by atoms with Crippen LogP contribution in [0.5, 0.6) is 5.75 Å². The summed E-state index contributed by atoms with van der Waals surface area (Å²) in [5, 5.41) is 8.65. The van der Waals surface area contributed by atoms with Gasteiger partial charge in [-0.15, -0.1) is 5.10 Å². The molecule has 0 saturated heterocycles. The molecule has 0 saturated carbocycles. The summed E-state index contributed by atoms with van der Waals surface area (Å²) in [4.78, 5) is 17.2. The van der Waals surface area contributed by atoms with E-state index in [-0.39, 0.29) is 46.9 Å². The molecule has 0 fully saturated rings. The van der Waals surface area contributed by atoms with Gasteiger partial charge in [-0.3, -0.25) is 0 Å². The average Bonchev–Trinajstić information content (AvgIpc) is 3.16. The number of nitrogen functional groups attached to an aromatic ring is 1. The molecule has 3 aromatic rings. The number of amides is 1. The monoisotopic (exact) mass is 526 g/mol. The highest BCUT2D eigenvalue weighted by Crippen LogP contribution is 2.43. The lowest BCUT2D eigenvalue weighted by molar-refractivity contribution is -0.137. The molecule has 1 aromatic heterocycles. The van der Waals surface area contributed by atoms with Crippen LogP contribution in [-0.2, 0) is 10.9 Å². The minimum Gasteiger partial charge on any atom is -0.492 e. The standard InChI is InChI=1S/C23H26ClF3N6O3/c1-22(2,3)36-21(34)33(4)9-10-35-15-7-5-13(6-8-15)18-16(23(25,26)27)11-14(12-17(18)24)29-20-30-19(28)31-32-20/h5-8,11-12H,9-10H2,1-4H3,(H4,28,29,30,31,32). The zero-order chi connectivity index (χ0) is 26.7. The van der Waals surface area contributed by atoms with E-state index in [1.807, 2.05) is 0 Å². The number of nitrogens with zero attached hydrogens (tertiary/aromatic N) is 3. The summed E-state index contributed by atoms with van der Waals surface area (Å²) in [6, 6.07) is 8.28. The van der Waals surface area contributed by atoms with Gasteiger partial charge < -0.3 is 25.4 Å². The topological polar surface area (TPSA) is 118 Å². The number of rotatable bonds is 7. The Balaban J connectivity index is 1.74. The van der Waals surface area contributed by atoms with Crippen LogP contribution in [0.4, 0.5) is 35.5 Å². The number of aromatic nitrogens is 3. The predicted molar refractivity (Wildman–Crippen MR) is 130 cm³/mol. The number of nitrogens with two attached hydrogens (primary N) is 1. The third kappa shape index (κ3) is 7.17. The molecule has 1 amide bonds. The molecule has 0 bridgehead atoms. The van der Waals surface area contributed by atoms with Gasteiger partial charge in [-0.1, -0.05) is 23.7 Å². The van der Waals surface area contributed by atoms with Crippen molar-refractivity contribution in [3.63, 3.8) is 0 Å². The molecule has 9 nitrogen and oxygen atoms in total. The van der Waals surface area contributed by atoms with Gasteiger partial charge in [0.1, 0.15) is 18.0 Å². The summed E-state index contributed by atoms with van der Waals surface area (Å²) in [5.41, 5.74) is 4.01. The first-order valence-electron chi connectivity index (χ1n) is 10.8. The van der Waals surface area contributed by atoms with E-state index in [9.17, 15) is 18.0 Å². The van der Waals surface area contributed by atoms with E-state index < -0.39 is 23.4 Å². The first-order valence-corrected chi connectivity index (χ1v) is 11.1. The fraction of sp³-hybridized carbons (Fsp3) is 0.348. The van der Waals surface area contributed by atoms with Gasteiger partial charge in [-0.2, -0.15) is 18.2 Å². The Bertz CT molecular complexity index is 1210. The molecule has 1 heterocycles. The van der Waals surface area contributed by atoms with Crippen LogP contribution in [0.3, 0.4) is 0 Å². The van der Waals surface area contributed by atoms with Crippen LogP contribution in [0.25, 0.3) is 11.1 Å². The van der Waals surface area contributed by atoms with E-state index in [1.165, 1.54) is 35.2 Å². The van der Waals surface area contributed by atoms with Crippen molar-refractivity contribution in [3.05, 3.63) is 47.0 Å². The second-order valence-corrected chi connectivity index (χ2v) is 9.23. The maximum absolute atomic E-state index is 13.9. The number of benzene rings is 2. The number of likely N-dealkylation sites (N-methyl/N-ethyl adjacent to an activating group) is 1. The predicted octanol–water partition coefficient (Wildman–Crippen LogP) is 5.72. The van der Waals surface area contributed by atoms with E-state index in [4.69, 9.17) is 26.8 Å². The maximum Gasteiger partial charge on any atom is 0.417 e. The first kappa shape index (κ1) is 26.9. The first-order chi connectivity index (χ1) is 16.7. The van der Waals surface area contributed by atoms with Gasteiger partial charge in [0.25, 0.3) is 0 Å². The van der Waals surface area contributed by atoms with Crippen molar-refractivity contribution in [2.45, 2.75) is 32.5 Å². The normalized spacial score (nSPS) is 11.8. The molecule has 194 valence electrons. The fourth-order valence-corrected chi connectivity index (χ4v) is 3.43. The number of aromatic amines is 1. The molecule has 0 aliphatic heterocycles. The minimum absolute atomic E-state index is 0.00302. The summed E-state index contributed by atoms with van der Waals surface area (Å²) in [6.45, 7) is 5.72. The zero-order valence-electron chi connectivity index (χ0n) is 20.0. The molecule has 2 aromatic carbocycles. The van der Waals surface area contributed by atoms with Crippen molar-refractivity contribution < 1.29 is 27.4 Å². The minimum atomic E-state index is -4.68. The molecule has 0 unspecified atom stereocenters. The number of H-pyrrole nitrogens is 1. The van der Waals surface area contributed by atoms with Crippen molar-refractivity contribution in [2.75, 3.05) is 31.2 Å². The lowest BCUT2D eigenvalue weighted by atomic mass is 9.98. The molecular formula is C23H26ClF3N6O3. The SMILES string of the molecule is CN(CCOc1ccc(-c2c(Cl)cc(Nc3n[nH]c(N)n3)cc2C(F)(F)F)cc1)C(=O)OC(C)(C)C. The molecule has 0 atom stereocenters. The number of carbonyl (C=O) groups is 1. The summed E-state index contributed by atoms with van der Waals surface area (Å²) in [6.07, 6.45) is -5.17. The Labute approximate surface area is 210 Å². The van der Waals surface area contributed by atoms with Gasteiger partial charge in [-0.05, 0) is 50.6 Å². The van der Waals surface area contributed by atoms with Gasteiger partial charge >= 0.3 is 12.3 Å². The molecule has 13 heteroatoms. The lowest BCUT2D eigenvalue weighted by Crippen LogP contribution is -2.36. The third-order valence-corrected chi connectivity index (χ3v) is 5.00. The summed E-state index contributed by atoms with van der Waals surface area (Å²) in [5.74, 6) is 0.430. The third-order valence-electron chi connectivity index (χ3n) is 4.70. The number of hydrogen-bond donors (Lipinski definition) is 3. The molecule has 0 aliphatic rings. The summed E-state index contributed by atoms with van der Waals surface area (Å²) < 4.78 is 52.6. The molecule has 0 spiro atoms. The number of anilines is 3. The Kier molecular flexibility index (Phi) is 7.87. The molecule has 36 heavy (non-hydrogen) atoms. The molecule has 0 radical (unpaired) electrons. The Morgan fingerprint density at radius 2 is 1.86 bits per heavy atom. The van der Waals surface area contributed by atoms with Crippen molar-refractivity contribution in [1.82, 2.24) is 20.1 Å². The Morgan fingerprint density at radius 1 is 1.19 bits per heavy atom. The van der Waals surface area contributed by atoms with E-state index >= 15 is 0 Å². The second-order valence-electron chi connectivity index (χ2n) is 8.82. The van der Waals surface area contributed by atoms with Crippen LogP contribution < -0.4 is 15.8 Å². The smallest absolute Gasteiger partial charge is 0.417 e. The maximum atomic E-state index is 13.9. The van der Waals surface area contributed by atoms with Gasteiger partial charge in [0.15, 0.2) is 0 Å². The van der Waals surface area contributed by atoms with E-state index in [0.29, 0.717) is 5.75 Å². The number of alkyl halides is 3. The highest BCUT2D eigenvalue weighted by Gasteiger charge is 2.35. The molecule has 3 rings (SSSR count). The number of ether oxygens (including phenoxy) is 2. The van der Waals surface area contributed by atoms with Crippen LogP contribution >= 0.6 is 11.6 Å². The number of halogens is 4. The van der Waals surface area contributed by atoms with Crippen LogP contribution in [0.1, 0.15) is 26.3 Å². The summed E-state index contributed by atoms with van der Waals surface area (Å²) in [7, 11) is 1.58. The highest BCUT2D eigenvalue weighted by molar-refractivity contribution is 6.34. The van der Waals surface area contributed by atoms with Crippen molar-refractivity contribution in [2.24, 2.45) is 0 Å². The van der Waals surface area contributed by atoms with Crippen LogP contribution in [-0.4, -0.2) is 52.0 Å². The molecular weight excluding hydrogens is 501 g/mol.